The first-order valence-corrected chi connectivity index (χ1v) is 6.61. The Morgan fingerprint density at radius 1 is 1.39 bits per heavy atom. The average Bonchev–Trinajstić information content (AvgIpc) is 3.00. The Labute approximate surface area is 109 Å². The van der Waals surface area contributed by atoms with Crippen LogP contribution >= 0.6 is 11.3 Å². The van der Waals surface area contributed by atoms with E-state index in [4.69, 9.17) is 0 Å². The lowest BCUT2D eigenvalue weighted by Crippen LogP contribution is -2.06. The van der Waals surface area contributed by atoms with Crippen LogP contribution in [-0.4, -0.2) is 19.6 Å². The van der Waals surface area contributed by atoms with E-state index in [9.17, 15) is 5.11 Å². The molecule has 5 heteroatoms. The molecule has 1 atom stereocenters. The highest BCUT2D eigenvalue weighted by Gasteiger charge is 2.15. The fourth-order valence-corrected chi connectivity index (χ4v) is 2.66. The van der Waals surface area contributed by atoms with Gasteiger partial charge in [0.1, 0.15) is 16.9 Å². The third-order valence-corrected chi connectivity index (χ3v) is 3.87. The van der Waals surface area contributed by atoms with E-state index in [1.54, 1.807) is 6.20 Å². The van der Waals surface area contributed by atoms with Crippen LogP contribution in [0.15, 0.2) is 35.8 Å². The predicted octanol–water partition coefficient (Wildman–Crippen LogP) is 2.31. The third kappa shape index (κ3) is 1.91. The predicted molar refractivity (Wildman–Crippen MR) is 71.5 cm³/mol. The summed E-state index contributed by atoms with van der Waals surface area (Å²) in [4.78, 5) is 8.67. The summed E-state index contributed by atoms with van der Waals surface area (Å²) in [5.74, 6) is 0.874. The van der Waals surface area contributed by atoms with Gasteiger partial charge < -0.3 is 9.67 Å². The minimum Gasteiger partial charge on any atom is -0.385 e. The monoisotopic (exact) mass is 259 g/mol. The Morgan fingerprint density at radius 3 is 2.94 bits per heavy atom. The maximum Gasteiger partial charge on any atom is 0.122 e. The van der Waals surface area contributed by atoms with Crippen LogP contribution in [0.3, 0.4) is 0 Å². The second kappa shape index (κ2) is 4.51. The van der Waals surface area contributed by atoms with Gasteiger partial charge in [0.25, 0.3) is 0 Å². The van der Waals surface area contributed by atoms with Crippen molar-refractivity contribution in [3.8, 4) is 0 Å². The van der Waals surface area contributed by atoms with Gasteiger partial charge in [-0.2, -0.15) is 0 Å². The van der Waals surface area contributed by atoms with Gasteiger partial charge in [-0.3, -0.25) is 0 Å². The number of benzene rings is 1. The zero-order chi connectivity index (χ0) is 12.5. The largest absolute Gasteiger partial charge is 0.385 e. The Hall–Kier alpha value is -1.72. The Kier molecular flexibility index (Phi) is 2.85. The van der Waals surface area contributed by atoms with Crippen LogP contribution in [0, 0.1) is 0 Å². The van der Waals surface area contributed by atoms with E-state index in [1.807, 2.05) is 41.3 Å². The summed E-state index contributed by atoms with van der Waals surface area (Å²) in [6.45, 7) is 0. The second-order valence-electron chi connectivity index (χ2n) is 4.17. The minimum atomic E-state index is -0.583. The summed E-state index contributed by atoms with van der Waals surface area (Å²) < 4.78 is 2.02. The average molecular weight is 259 g/mol. The second-order valence-corrected chi connectivity index (χ2v) is 5.09. The number of hydrogen-bond donors (Lipinski definition) is 1. The highest BCUT2D eigenvalue weighted by atomic mass is 32.1. The highest BCUT2D eigenvalue weighted by Crippen LogP contribution is 2.22. The van der Waals surface area contributed by atoms with E-state index in [1.165, 1.54) is 11.3 Å². The zero-order valence-electron chi connectivity index (χ0n) is 9.95. The van der Waals surface area contributed by atoms with Crippen LogP contribution in [0.2, 0.25) is 0 Å². The van der Waals surface area contributed by atoms with E-state index in [-0.39, 0.29) is 0 Å². The van der Waals surface area contributed by atoms with Gasteiger partial charge in [-0.15, -0.1) is 11.3 Å². The number of hydrogen-bond acceptors (Lipinski definition) is 4. The minimum absolute atomic E-state index is 0.485. The normalized spacial score (nSPS) is 13.0. The molecule has 2 heterocycles. The molecule has 92 valence electrons. The lowest BCUT2D eigenvalue weighted by molar-refractivity contribution is 0.174. The lowest BCUT2D eigenvalue weighted by atomic mass is 10.2. The number of aliphatic hydroxyl groups excluding tert-OH is 1. The van der Waals surface area contributed by atoms with Crippen LogP contribution < -0.4 is 0 Å². The van der Waals surface area contributed by atoms with Crippen LogP contribution in [0.4, 0.5) is 0 Å². The number of aryl methyl sites for hydroxylation is 1. The molecule has 0 amide bonds. The number of thiazole rings is 1. The van der Waals surface area contributed by atoms with Crippen molar-refractivity contribution in [2.75, 3.05) is 0 Å². The Bertz CT molecular complexity index is 660. The highest BCUT2D eigenvalue weighted by molar-refractivity contribution is 7.09. The standard InChI is InChI=1S/C13H13N3OS/c1-16-10-5-3-2-4-9(10)15-12(16)8-11(17)13-14-6-7-18-13/h2-7,11,17H,8H2,1H3. The smallest absolute Gasteiger partial charge is 0.122 e. The molecule has 1 aromatic carbocycles. The summed E-state index contributed by atoms with van der Waals surface area (Å²) in [5, 5.41) is 12.7. The van der Waals surface area contributed by atoms with Crippen LogP contribution in [0.5, 0.6) is 0 Å². The van der Waals surface area contributed by atoms with Gasteiger partial charge in [-0.05, 0) is 12.1 Å². The summed E-state index contributed by atoms with van der Waals surface area (Å²) >= 11 is 1.46. The maximum atomic E-state index is 10.1. The van der Waals surface area contributed by atoms with Crippen molar-refractivity contribution in [3.05, 3.63) is 46.7 Å². The fraction of sp³-hybridized carbons (Fsp3) is 0.231. The molecule has 18 heavy (non-hydrogen) atoms. The van der Waals surface area contributed by atoms with Crippen molar-refractivity contribution in [3.63, 3.8) is 0 Å². The molecule has 0 fully saturated rings. The molecule has 3 aromatic rings. The molecule has 1 N–H and O–H groups in total. The van der Waals surface area contributed by atoms with Crippen LogP contribution in [0.25, 0.3) is 11.0 Å². The lowest BCUT2D eigenvalue weighted by Gasteiger charge is -2.07. The van der Waals surface area contributed by atoms with Crippen molar-refractivity contribution in [1.29, 1.82) is 0 Å². The van der Waals surface area contributed by atoms with Crippen molar-refractivity contribution in [2.24, 2.45) is 7.05 Å². The first-order valence-electron chi connectivity index (χ1n) is 5.73. The molecule has 0 bridgehead atoms. The molecule has 0 spiro atoms. The van der Waals surface area contributed by atoms with E-state index in [2.05, 4.69) is 9.97 Å². The maximum absolute atomic E-state index is 10.1. The third-order valence-electron chi connectivity index (χ3n) is 2.99. The SMILES string of the molecule is Cn1c(CC(O)c2nccs2)nc2ccccc21. The molecule has 0 aliphatic carbocycles. The topological polar surface area (TPSA) is 50.9 Å². The van der Waals surface area contributed by atoms with E-state index < -0.39 is 6.10 Å². The fourth-order valence-electron chi connectivity index (χ4n) is 2.04. The van der Waals surface area contributed by atoms with Gasteiger partial charge in [0.05, 0.1) is 11.0 Å². The summed E-state index contributed by atoms with van der Waals surface area (Å²) in [6.07, 6.45) is 1.61. The van der Waals surface area contributed by atoms with Crippen LogP contribution in [-0.2, 0) is 13.5 Å². The molecule has 3 rings (SSSR count). The van der Waals surface area contributed by atoms with Gasteiger partial charge in [0, 0.05) is 25.0 Å². The van der Waals surface area contributed by atoms with Gasteiger partial charge in [0.2, 0.25) is 0 Å². The van der Waals surface area contributed by atoms with Crippen molar-refractivity contribution in [2.45, 2.75) is 12.5 Å². The van der Waals surface area contributed by atoms with E-state index in [0.29, 0.717) is 6.42 Å². The number of aliphatic hydroxyl groups is 1. The molecule has 0 saturated heterocycles. The summed E-state index contributed by atoms with van der Waals surface area (Å²) in [5.41, 5.74) is 2.04. The van der Waals surface area contributed by atoms with E-state index >= 15 is 0 Å². The number of rotatable bonds is 3. The number of nitrogens with zero attached hydrogens (tertiary/aromatic N) is 3. The van der Waals surface area contributed by atoms with Crippen LogP contribution in [0.1, 0.15) is 16.9 Å². The van der Waals surface area contributed by atoms with Crippen molar-refractivity contribution < 1.29 is 5.11 Å². The number of aromatic nitrogens is 3. The molecule has 4 nitrogen and oxygen atoms in total. The Balaban J connectivity index is 1.93. The molecule has 0 aliphatic heterocycles. The van der Waals surface area contributed by atoms with Crippen molar-refractivity contribution in [1.82, 2.24) is 14.5 Å². The Morgan fingerprint density at radius 2 is 2.22 bits per heavy atom. The summed E-state index contributed by atoms with van der Waals surface area (Å²) in [6, 6.07) is 7.97. The van der Waals surface area contributed by atoms with E-state index in [0.717, 1.165) is 21.9 Å². The first-order chi connectivity index (χ1) is 8.75. The number of imidazole rings is 1. The molecular formula is C13H13N3OS. The molecular weight excluding hydrogens is 246 g/mol. The first kappa shape index (κ1) is 11.4. The van der Waals surface area contributed by atoms with Gasteiger partial charge >= 0.3 is 0 Å². The van der Waals surface area contributed by atoms with Gasteiger partial charge in [-0.1, -0.05) is 12.1 Å². The zero-order valence-corrected chi connectivity index (χ0v) is 10.8. The molecule has 0 saturated carbocycles. The summed E-state index contributed by atoms with van der Waals surface area (Å²) in [7, 11) is 1.97. The number of para-hydroxylation sites is 2. The molecule has 0 radical (unpaired) electrons. The number of fused-ring (bicyclic) bond motifs is 1. The van der Waals surface area contributed by atoms with Crippen molar-refractivity contribution >= 4 is 22.4 Å². The molecule has 1 unspecified atom stereocenters. The quantitative estimate of drug-likeness (QED) is 0.785. The molecule has 0 aliphatic rings. The van der Waals surface area contributed by atoms with Gasteiger partial charge in [0.15, 0.2) is 0 Å². The van der Waals surface area contributed by atoms with Gasteiger partial charge in [-0.25, -0.2) is 9.97 Å². The molecule has 2 aromatic heterocycles.